The molecule has 2 aromatic heterocycles. The number of carbonyl (C=O) groups is 2. The lowest BCUT2D eigenvalue weighted by Crippen LogP contribution is -2.16. The Balaban J connectivity index is 1.76. The molecule has 0 fully saturated rings. The number of hydrogen-bond acceptors (Lipinski definition) is 7. The standard InChI is InChI=1S/C28H27N5O5/c1-3-5-8-17-38-28(35)24-25-27(30-22-13-7-6-12-21(22)29-25)32(16-4-2)26(24)31-23(34)15-14-19-10-9-11-20(18-19)33(36)37/h4,6-7,9-15,18H,2-3,5,8,16-17H2,1H3,(H,31,34)/b15-14+. The third-order valence-corrected chi connectivity index (χ3v) is 5.80. The van der Waals surface area contributed by atoms with E-state index in [1.54, 1.807) is 22.8 Å². The van der Waals surface area contributed by atoms with Crippen molar-refractivity contribution >= 4 is 51.7 Å². The molecule has 0 bridgehead atoms. The highest BCUT2D eigenvalue weighted by molar-refractivity contribution is 6.13. The van der Waals surface area contributed by atoms with Crippen LogP contribution in [0, 0.1) is 10.1 Å². The first kappa shape index (κ1) is 26.2. The maximum absolute atomic E-state index is 13.3. The molecule has 2 heterocycles. The van der Waals surface area contributed by atoms with Gasteiger partial charge in [0.05, 0.1) is 22.6 Å². The number of esters is 1. The summed E-state index contributed by atoms with van der Waals surface area (Å²) in [6.07, 6.45) is 6.93. The van der Waals surface area contributed by atoms with Crippen molar-refractivity contribution in [3.63, 3.8) is 0 Å². The van der Waals surface area contributed by atoms with Crippen LogP contribution in [-0.4, -0.2) is 37.9 Å². The molecule has 0 spiro atoms. The van der Waals surface area contributed by atoms with Crippen LogP contribution >= 0.6 is 0 Å². The van der Waals surface area contributed by atoms with Gasteiger partial charge in [0.2, 0.25) is 5.91 Å². The quantitative estimate of drug-likeness (QED) is 0.0682. The normalized spacial score (nSPS) is 11.2. The topological polar surface area (TPSA) is 129 Å². The molecule has 0 saturated carbocycles. The molecule has 0 unspecified atom stereocenters. The molecule has 194 valence electrons. The summed E-state index contributed by atoms with van der Waals surface area (Å²) in [5.41, 5.74) is 2.44. The third kappa shape index (κ3) is 5.75. The molecule has 1 N–H and O–H groups in total. The second-order valence-electron chi connectivity index (χ2n) is 8.53. The summed E-state index contributed by atoms with van der Waals surface area (Å²) in [5.74, 6) is -0.977. The van der Waals surface area contributed by atoms with E-state index in [0.717, 1.165) is 19.3 Å². The van der Waals surface area contributed by atoms with Crippen LogP contribution in [0.3, 0.4) is 0 Å². The number of rotatable bonds is 11. The molecule has 0 aliphatic rings. The van der Waals surface area contributed by atoms with E-state index in [2.05, 4.69) is 23.8 Å². The maximum Gasteiger partial charge on any atom is 0.344 e. The Labute approximate surface area is 218 Å². The molecular formula is C28H27N5O5. The Morgan fingerprint density at radius 2 is 1.89 bits per heavy atom. The Kier molecular flexibility index (Phi) is 8.22. The smallest absolute Gasteiger partial charge is 0.344 e. The van der Waals surface area contributed by atoms with Crippen LogP contribution in [0.25, 0.3) is 28.3 Å². The average molecular weight is 514 g/mol. The Morgan fingerprint density at radius 3 is 2.61 bits per heavy atom. The molecule has 4 aromatic rings. The van der Waals surface area contributed by atoms with Crippen molar-refractivity contribution in [2.75, 3.05) is 11.9 Å². The van der Waals surface area contributed by atoms with Crippen molar-refractivity contribution in [3.8, 4) is 0 Å². The first-order valence-electron chi connectivity index (χ1n) is 12.2. The molecule has 0 aliphatic carbocycles. The average Bonchev–Trinajstić information content (AvgIpc) is 3.20. The number of benzene rings is 2. The number of allylic oxidation sites excluding steroid dienone is 1. The minimum atomic E-state index is -0.614. The van der Waals surface area contributed by atoms with E-state index in [1.807, 2.05) is 18.2 Å². The first-order chi connectivity index (χ1) is 18.4. The SMILES string of the molecule is C=CCn1c(NC(=O)/C=C/c2cccc([N+](=O)[O-])c2)c(C(=O)OCCCCC)c2nc3ccccc3nc21. The molecule has 0 aliphatic heterocycles. The Bertz CT molecular complexity index is 1560. The van der Waals surface area contributed by atoms with Crippen LogP contribution in [-0.2, 0) is 16.1 Å². The highest BCUT2D eigenvalue weighted by Crippen LogP contribution is 2.31. The van der Waals surface area contributed by atoms with Gasteiger partial charge in [0, 0.05) is 24.8 Å². The minimum Gasteiger partial charge on any atom is -0.462 e. The zero-order valence-electron chi connectivity index (χ0n) is 20.9. The monoisotopic (exact) mass is 513 g/mol. The Hall–Kier alpha value is -4.86. The number of nitro groups is 1. The molecule has 10 heteroatoms. The number of unbranched alkanes of at least 4 members (excludes halogenated alkanes) is 2. The van der Waals surface area contributed by atoms with Gasteiger partial charge < -0.3 is 14.6 Å². The zero-order valence-corrected chi connectivity index (χ0v) is 20.9. The molecule has 38 heavy (non-hydrogen) atoms. The third-order valence-electron chi connectivity index (χ3n) is 5.80. The highest BCUT2D eigenvalue weighted by atomic mass is 16.6. The summed E-state index contributed by atoms with van der Waals surface area (Å²) in [4.78, 5) is 46.2. The number of ether oxygens (including phenoxy) is 1. The number of nitrogens with one attached hydrogen (secondary N) is 1. The Morgan fingerprint density at radius 1 is 1.13 bits per heavy atom. The number of fused-ring (bicyclic) bond motifs is 2. The summed E-state index contributed by atoms with van der Waals surface area (Å²) in [7, 11) is 0. The number of anilines is 1. The van der Waals surface area contributed by atoms with Crippen LogP contribution in [0.1, 0.15) is 42.1 Å². The van der Waals surface area contributed by atoms with Gasteiger partial charge in [-0.05, 0) is 30.2 Å². The van der Waals surface area contributed by atoms with Crippen molar-refractivity contribution in [3.05, 3.63) is 88.5 Å². The predicted octanol–water partition coefficient (Wildman–Crippen LogP) is 5.68. The fraction of sp³-hybridized carbons (Fsp3) is 0.214. The van der Waals surface area contributed by atoms with Gasteiger partial charge >= 0.3 is 5.97 Å². The molecule has 10 nitrogen and oxygen atoms in total. The van der Waals surface area contributed by atoms with Crippen molar-refractivity contribution in [1.82, 2.24) is 14.5 Å². The number of carbonyl (C=O) groups excluding carboxylic acids is 2. The van der Waals surface area contributed by atoms with E-state index >= 15 is 0 Å². The number of nitrogens with zero attached hydrogens (tertiary/aromatic N) is 4. The van der Waals surface area contributed by atoms with Gasteiger partial charge in [-0.25, -0.2) is 14.8 Å². The largest absolute Gasteiger partial charge is 0.462 e. The predicted molar refractivity (Wildman–Crippen MR) is 146 cm³/mol. The molecule has 1 amide bonds. The van der Waals surface area contributed by atoms with Crippen molar-refractivity contribution in [2.45, 2.75) is 32.7 Å². The fourth-order valence-corrected chi connectivity index (χ4v) is 3.99. The number of hydrogen-bond donors (Lipinski definition) is 1. The lowest BCUT2D eigenvalue weighted by molar-refractivity contribution is -0.384. The van der Waals surface area contributed by atoms with Gasteiger partial charge in [-0.15, -0.1) is 6.58 Å². The number of amides is 1. The van der Waals surface area contributed by atoms with Gasteiger partial charge in [-0.1, -0.05) is 50.1 Å². The van der Waals surface area contributed by atoms with Gasteiger partial charge in [0.1, 0.15) is 16.9 Å². The lowest BCUT2D eigenvalue weighted by Gasteiger charge is -2.10. The van der Waals surface area contributed by atoms with Crippen LogP contribution in [0.4, 0.5) is 11.5 Å². The van der Waals surface area contributed by atoms with Gasteiger partial charge in [0.25, 0.3) is 5.69 Å². The fourth-order valence-electron chi connectivity index (χ4n) is 3.99. The van der Waals surface area contributed by atoms with E-state index in [9.17, 15) is 19.7 Å². The molecular weight excluding hydrogens is 486 g/mol. The number of nitro benzene ring substituents is 1. The van der Waals surface area contributed by atoms with Crippen LogP contribution in [0.2, 0.25) is 0 Å². The summed E-state index contributed by atoms with van der Waals surface area (Å²) in [6, 6.07) is 13.2. The van der Waals surface area contributed by atoms with E-state index in [4.69, 9.17) is 9.72 Å². The van der Waals surface area contributed by atoms with Gasteiger partial charge in [-0.3, -0.25) is 14.9 Å². The van der Waals surface area contributed by atoms with Crippen molar-refractivity contribution in [2.24, 2.45) is 0 Å². The van der Waals surface area contributed by atoms with Crippen molar-refractivity contribution < 1.29 is 19.2 Å². The molecule has 4 rings (SSSR count). The summed E-state index contributed by atoms with van der Waals surface area (Å²) in [5, 5.41) is 13.8. The zero-order chi connectivity index (χ0) is 27.1. The maximum atomic E-state index is 13.3. The van der Waals surface area contributed by atoms with E-state index in [0.29, 0.717) is 27.8 Å². The number of aromatic nitrogens is 3. The van der Waals surface area contributed by atoms with Gasteiger partial charge in [-0.2, -0.15) is 0 Å². The van der Waals surface area contributed by atoms with Crippen LogP contribution in [0.15, 0.2) is 67.3 Å². The van der Waals surface area contributed by atoms with E-state index < -0.39 is 16.8 Å². The minimum absolute atomic E-state index is 0.0870. The van der Waals surface area contributed by atoms with E-state index in [1.165, 1.54) is 30.4 Å². The summed E-state index contributed by atoms with van der Waals surface area (Å²) in [6.45, 7) is 6.34. The first-order valence-corrected chi connectivity index (χ1v) is 12.2. The van der Waals surface area contributed by atoms with E-state index in [-0.39, 0.29) is 30.2 Å². The summed E-state index contributed by atoms with van der Waals surface area (Å²) < 4.78 is 7.21. The summed E-state index contributed by atoms with van der Waals surface area (Å²) >= 11 is 0. The van der Waals surface area contributed by atoms with Gasteiger partial charge in [0.15, 0.2) is 5.65 Å². The highest BCUT2D eigenvalue weighted by Gasteiger charge is 2.27. The molecule has 0 radical (unpaired) electrons. The second kappa shape index (κ2) is 11.9. The molecule has 0 saturated heterocycles. The van der Waals surface area contributed by atoms with Crippen LogP contribution in [0.5, 0.6) is 0 Å². The second-order valence-corrected chi connectivity index (χ2v) is 8.53. The lowest BCUT2D eigenvalue weighted by atomic mass is 10.2. The number of para-hydroxylation sites is 2. The number of non-ortho nitro benzene ring substituents is 1. The van der Waals surface area contributed by atoms with Crippen LogP contribution < -0.4 is 5.32 Å². The van der Waals surface area contributed by atoms with Crippen molar-refractivity contribution in [1.29, 1.82) is 0 Å². The molecule has 2 aromatic carbocycles. The molecule has 0 atom stereocenters.